The fraction of sp³-hybridized carbons (Fsp3) is 0.188. The topological polar surface area (TPSA) is 29.1 Å². The third-order valence-corrected chi connectivity index (χ3v) is 3.30. The van der Waals surface area contributed by atoms with Gasteiger partial charge < -0.3 is 5.32 Å². The van der Waals surface area contributed by atoms with E-state index in [-0.39, 0.29) is 17.4 Å². The maximum Gasteiger partial charge on any atom is 0.229 e. The van der Waals surface area contributed by atoms with Crippen molar-refractivity contribution in [3.05, 3.63) is 65.2 Å². The third-order valence-electron chi connectivity index (χ3n) is 3.06. The molecule has 1 unspecified atom stereocenters. The van der Waals surface area contributed by atoms with Crippen molar-refractivity contribution < 1.29 is 13.6 Å². The molecule has 0 radical (unpaired) electrons. The summed E-state index contributed by atoms with van der Waals surface area (Å²) in [6.07, 6.45) is -0.372. The molecule has 0 aromatic heterocycles. The summed E-state index contributed by atoms with van der Waals surface area (Å²) in [5.74, 6) is -1.96. The minimum absolute atomic E-state index is 0.244. The number of anilines is 1. The molecule has 2 rings (SSSR count). The highest BCUT2D eigenvalue weighted by Crippen LogP contribution is 2.27. The van der Waals surface area contributed by atoms with Gasteiger partial charge in [0.2, 0.25) is 5.91 Å². The number of nitrogens with one attached hydrogen (secondary N) is 1. The molecule has 0 heterocycles. The molecular formula is C16H14ClF2NO. The fourth-order valence-electron chi connectivity index (χ4n) is 2.01. The molecule has 110 valence electrons. The number of para-hydroxylation sites is 1. The molecule has 0 aliphatic rings. The Morgan fingerprint density at radius 1 is 1.14 bits per heavy atom. The van der Waals surface area contributed by atoms with Crippen LogP contribution >= 0.6 is 11.6 Å². The first kappa shape index (κ1) is 15.4. The number of rotatable bonds is 4. The van der Waals surface area contributed by atoms with Crippen molar-refractivity contribution in [1.82, 2.24) is 0 Å². The summed E-state index contributed by atoms with van der Waals surface area (Å²) in [5.41, 5.74) is 1.05. The largest absolute Gasteiger partial charge is 0.325 e. The van der Waals surface area contributed by atoms with Crippen LogP contribution in [0.5, 0.6) is 0 Å². The maximum atomic E-state index is 13.5. The van der Waals surface area contributed by atoms with Gasteiger partial charge in [-0.1, -0.05) is 24.3 Å². The van der Waals surface area contributed by atoms with Crippen LogP contribution in [-0.2, 0) is 11.2 Å². The molecule has 0 spiro atoms. The third kappa shape index (κ3) is 3.79. The van der Waals surface area contributed by atoms with Gasteiger partial charge in [0, 0.05) is 11.3 Å². The molecule has 0 fully saturated rings. The van der Waals surface area contributed by atoms with Gasteiger partial charge in [0.1, 0.15) is 11.6 Å². The highest BCUT2D eigenvalue weighted by Gasteiger charge is 2.15. The lowest BCUT2D eigenvalue weighted by Gasteiger charge is -2.13. The lowest BCUT2D eigenvalue weighted by Crippen LogP contribution is -2.17. The Morgan fingerprint density at radius 2 is 1.76 bits per heavy atom. The molecule has 0 saturated heterocycles. The van der Waals surface area contributed by atoms with Crippen molar-refractivity contribution in [2.75, 3.05) is 5.32 Å². The molecule has 0 saturated carbocycles. The second-order valence-electron chi connectivity index (χ2n) is 4.63. The molecule has 21 heavy (non-hydrogen) atoms. The first-order valence-corrected chi connectivity index (χ1v) is 6.88. The average molecular weight is 310 g/mol. The molecular weight excluding hydrogens is 296 g/mol. The zero-order valence-corrected chi connectivity index (χ0v) is 12.1. The predicted molar refractivity (Wildman–Crippen MR) is 79.4 cm³/mol. The minimum atomic E-state index is -0.732. The highest BCUT2D eigenvalue weighted by atomic mass is 35.5. The van der Waals surface area contributed by atoms with Crippen molar-refractivity contribution in [2.45, 2.75) is 18.7 Å². The highest BCUT2D eigenvalue weighted by molar-refractivity contribution is 6.21. The van der Waals surface area contributed by atoms with Crippen molar-refractivity contribution in [3.63, 3.8) is 0 Å². The number of benzene rings is 2. The molecule has 1 N–H and O–H groups in total. The lowest BCUT2D eigenvalue weighted by atomic mass is 10.1. The van der Waals surface area contributed by atoms with Crippen LogP contribution in [0.15, 0.2) is 42.5 Å². The second kappa shape index (κ2) is 6.68. The smallest absolute Gasteiger partial charge is 0.229 e. The maximum absolute atomic E-state index is 13.5. The number of halogens is 3. The summed E-state index contributed by atoms with van der Waals surface area (Å²) in [6.45, 7) is 1.78. The van der Waals surface area contributed by atoms with Gasteiger partial charge in [0.05, 0.1) is 11.8 Å². The predicted octanol–water partition coefficient (Wildman–Crippen LogP) is 4.45. The van der Waals surface area contributed by atoms with Crippen LogP contribution < -0.4 is 5.32 Å². The fourth-order valence-corrected chi connectivity index (χ4v) is 2.20. The van der Waals surface area contributed by atoms with Crippen LogP contribution in [0.2, 0.25) is 0 Å². The van der Waals surface area contributed by atoms with Crippen LogP contribution in [0.25, 0.3) is 0 Å². The summed E-state index contributed by atoms with van der Waals surface area (Å²) >= 11 is 6.03. The summed E-state index contributed by atoms with van der Waals surface area (Å²) in [5, 5.41) is 2.35. The Kier molecular flexibility index (Phi) is 4.91. The Labute approximate surface area is 126 Å². The quantitative estimate of drug-likeness (QED) is 0.831. The number of alkyl halides is 1. The Bertz CT molecular complexity index is 638. The van der Waals surface area contributed by atoms with Gasteiger partial charge in [-0.25, -0.2) is 8.78 Å². The Hall–Kier alpha value is -1.94. The van der Waals surface area contributed by atoms with E-state index in [9.17, 15) is 13.6 Å². The summed E-state index contributed by atoms with van der Waals surface area (Å²) in [4.78, 5) is 12.0. The zero-order valence-electron chi connectivity index (χ0n) is 11.4. The molecule has 5 heteroatoms. The first-order valence-electron chi connectivity index (χ1n) is 6.44. The van der Waals surface area contributed by atoms with Crippen LogP contribution in [0, 0.1) is 11.6 Å². The molecule has 1 amide bonds. The lowest BCUT2D eigenvalue weighted by molar-refractivity contribution is -0.115. The van der Waals surface area contributed by atoms with Crippen molar-refractivity contribution in [2.24, 2.45) is 0 Å². The van der Waals surface area contributed by atoms with E-state index < -0.39 is 17.5 Å². The molecule has 1 atom stereocenters. The van der Waals surface area contributed by atoms with Gasteiger partial charge in [-0.2, -0.15) is 0 Å². The number of hydrogen-bond acceptors (Lipinski definition) is 1. The van der Waals surface area contributed by atoms with Crippen LogP contribution in [-0.4, -0.2) is 5.91 Å². The minimum Gasteiger partial charge on any atom is -0.325 e. The molecule has 0 aliphatic heterocycles. The van der Waals surface area contributed by atoms with E-state index in [1.54, 1.807) is 31.2 Å². The Morgan fingerprint density at radius 3 is 2.38 bits per heavy atom. The molecule has 2 aromatic carbocycles. The van der Waals surface area contributed by atoms with Crippen LogP contribution in [0.3, 0.4) is 0 Å². The van der Waals surface area contributed by atoms with Crippen molar-refractivity contribution in [1.29, 1.82) is 0 Å². The monoisotopic (exact) mass is 309 g/mol. The Balaban J connectivity index is 2.16. The van der Waals surface area contributed by atoms with Gasteiger partial charge in [-0.05, 0) is 30.7 Å². The number of carbonyl (C=O) groups excluding carboxylic acids is 1. The van der Waals surface area contributed by atoms with E-state index in [2.05, 4.69) is 5.32 Å². The average Bonchev–Trinajstić information content (AvgIpc) is 2.43. The summed E-state index contributed by atoms with van der Waals surface area (Å²) in [7, 11) is 0. The zero-order chi connectivity index (χ0) is 15.4. The van der Waals surface area contributed by atoms with Gasteiger partial charge in [0.15, 0.2) is 0 Å². The standard InChI is InChI=1S/C16H14ClF2NO/c1-10(17)11-5-2-3-8-15(11)20-16(21)9-12-13(18)6-4-7-14(12)19/h2-8,10H,9H2,1H3,(H,20,21). The van der Waals surface area contributed by atoms with Gasteiger partial charge >= 0.3 is 0 Å². The summed E-state index contributed by atoms with van der Waals surface area (Å²) < 4.78 is 27.0. The normalized spacial score (nSPS) is 12.0. The SMILES string of the molecule is CC(Cl)c1ccccc1NC(=O)Cc1c(F)cccc1F. The van der Waals surface area contributed by atoms with Gasteiger partial charge in [0.25, 0.3) is 0 Å². The van der Waals surface area contributed by atoms with Gasteiger partial charge in [-0.15, -0.1) is 11.6 Å². The van der Waals surface area contributed by atoms with E-state index in [1.165, 1.54) is 6.07 Å². The van der Waals surface area contributed by atoms with Crippen molar-refractivity contribution >= 4 is 23.2 Å². The number of amides is 1. The van der Waals surface area contributed by atoms with Gasteiger partial charge in [-0.3, -0.25) is 4.79 Å². The van der Waals surface area contributed by atoms with Crippen molar-refractivity contribution in [3.8, 4) is 0 Å². The van der Waals surface area contributed by atoms with E-state index in [0.29, 0.717) is 5.69 Å². The molecule has 0 aliphatic carbocycles. The van der Waals surface area contributed by atoms with E-state index >= 15 is 0 Å². The molecule has 0 bridgehead atoms. The van der Waals surface area contributed by atoms with Crippen LogP contribution in [0.1, 0.15) is 23.4 Å². The van der Waals surface area contributed by atoms with E-state index in [4.69, 9.17) is 11.6 Å². The second-order valence-corrected chi connectivity index (χ2v) is 5.28. The number of hydrogen-bond donors (Lipinski definition) is 1. The van der Waals surface area contributed by atoms with E-state index in [0.717, 1.165) is 17.7 Å². The molecule has 2 aromatic rings. The molecule has 2 nitrogen and oxygen atoms in total. The first-order chi connectivity index (χ1) is 9.99. The van der Waals surface area contributed by atoms with Crippen LogP contribution in [0.4, 0.5) is 14.5 Å². The number of carbonyl (C=O) groups is 1. The van der Waals surface area contributed by atoms with E-state index in [1.807, 2.05) is 0 Å². The summed E-state index contributed by atoms with van der Waals surface area (Å²) in [6, 6.07) is 10.6.